The second-order valence-corrected chi connectivity index (χ2v) is 5.12. The number of fused-ring (bicyclic) bond motifs is 1. The van der Waals surface area contributed by atoms with Crippen molar-refractivity contribution in [2.45, 2.75) is 12.7 Å². The molecular weight excluding hydrogens is 337 g/mol. The van der Waals surface area contributed by atoms with E-state index in [2.05, 4.69) is 15.3 Å². The number of hydrogen-bond acceptors (Lipinski definition) is 4. The lowest BCUT2D eigenvalue weighted by molar-refractivity contribution is -0.141. The van der Waals surface area contributed by atoms with E-state index < -0.39 is 23.5 Å². The average molecular weight is 350 g/mol. The Kier molecular flexibility index (Phi) is 4.30. The molecule has 6 nitrogen and oxygen atoms in total. The van der Waals surface area contributed by atoms with Crippen molar-refractivity contribution in [3.05, 3.63) is 59.8 Å². The highest BCUT2D eigenvalue weighted by Gasteiger charge is 2.40. The van der Waals surface area contributed by atoms with Crippen molar-refractivity contribution in [2.75, 3.05) is 7.11 Å². The van der Waals surface area contributed by atoms with Crippen LogP contribution in [-0.4, -0.2) is 27.4 Å². The maximum Gasteiger partial charge on any atom is 0.435 e. The second kappa shape index (κ2) is 6.42. The molecule has 9 heteroatoms. The van der Waals surface area contributed by atoms with E-state index in [1.54, 1.807) is 18.3 Å². The van der Waals surface area contributed by atoms with Crippen molar-refractivity contribution in [1.29, 1.82) is 0 Å². The number of nitrogens with zero attached hydrogens (tertiary/aromatic N) is 3. The monoisotopic (exact) mass is 350 g/mol. The van der Waals surface area contributed by atoms with Gasteiger partial charge >= 0.3 is 6.18 Å². The number of ether oxygens (including phenoxy) is 1. The fourth-order valence-corrected chi connectivity index (χ4v) is 2.39. The Balaban J connectivity index is 2.02. The Morgan fingerprint density at radius 2 is 2.12 bits per heavy atom. The first-order chi connectivity index (χ1) is 11.9. The first-order valence-corrected chi connectivity index (χ1v) is 7.21. The average Bonchev–Trinajstić information content (AvgIpc) is 3.00. The summed E-state index contributed by atoms with van der Waals surface area (Å²) >= 11 is 0. The van der Waals surface area contributed by atoms with Crippen molar-refractivity contribution in [3.63, 3.8) is 0 Å². The van der Waals surface area contributed by atoms with Gasteiger partial charge in [-0.1, -0.05) is 6.07 Å². The van der Waals surface area contributed by atoms with E-state index in [9.17, 15) is 18.0 Å². The maximum absolute atomic E-state index is 13.3. The molecule has 0 unspecified atom stereocenters. The number of hydrogen-bond donors (Lipinski definition) is 1. The molecule has 1 N–H and O–H groups in total. The molecule has 0 atom stereocenters. The third-order valence-corrected chi connectivity index (χ3v) is 3.49. The van der Waals surface area contributed by atoms with Crippen molar-refractivity contribution in [1.82, 2.24) is 19.7 Å². The Hall–Kier alpha value is -3.10. The highest BCUT2D eigenvalue weighted by Crippen LogP contribution is 2.33. The van der Waals surface area contributed by atoms with Gasteiger partial charge in [0.05, 0.1) is 7.11 Å². The van der Waals surface area contributed by atoms with Crippen LogP contribution in [0.2, 0.25) is 0 Å². The molecule has 3 aromatic rings. The predicted octanol–water partition coefficient (Wildman–Crippen LogP) is 2.69. The van der Waals surface area contributed by atoms with Crippen LogP contribution in [-0.2, 0) is 12.7 Å². The predicted molar refractivity (Wildman–Crippen MR) is 82.2 cm³/mol. The van der Waals surface area contributed by atoms with E-state index >= 15 is 0 Å². The fourth-order valence-electron chi connectivity index (χ4n) is 2.39. The van der Waals surface area contributed by atoms with E-state index in [0.717, 1.165) is 4.40 Å². The van der Waals surface area contributed by atoms with Crippen LogP contribution in [0.5, 0.6) is 5.75 Å². The first kappa shape index (κ1) is 16.7. The highest BCUT2D eigenvalue weighted by atomic mass is 19.4. The molecule has 0 aliphatic carbocycles. The molecule has 0 aliphatic heterocycles. The van der Waals surface area contributed by atoms with Gasteiger partial charge in [-0.2, -0.15) is 13.2 Å². The van der Waals surface area contributed by atoms with Gasteiger partial charge in [0, 0.05) is 25.1 Å². The Bertz CT molecular complexity index is 907. The van der Waals surface area contributed by atoms with Gasteiger partial charge in [0.2, 0.25) is 0 Å². The molecule has 3 heterocycles. The van der Waals surface area contributed by atoms with Gasteiger partial charge in [0.1, 0.15) is 5.69 Å². The minimum Gasteiger partial charge on any atom is -0.493 e. The molecule has 3 aromatic heterocycles. The van der Waals surface area contributed by atoms with Crippen molar-refractivity contribution in [2.24, 2.45) is 0 Å². The summed E-state index contributed by atoms with van der Waals surface area (Å²) in [6.07, 6.45) is -0.372. The van der Waals surface area contributed by atoms with Gasteiger partial charge in [-0.05, 0) is 23.8 Å². The van der Waals surface area contributed by atoms with E-state index in [1.807, 2.05) is 0 Å². The van der Waals surface area contributed by atoms with Gasteiger partial charge < -0.3 is 10.1 Å². The van der Waals surface area contributed by atoms with Crippen LogP contribution in [0.1, 0.15) is 21.7 Å². The number of carbonyl (C=O) groups is 1. The Labute approximate surface area is 140 Å². The smallest absolute Gasteiger partial charge is 0.435 e. The van der Waals surface area contributed by atoms with Crippen LogP contribution >= 0.6 is 0 Å². The summed E-state index contributed by atoms with van der Waals surface area (Å²) in [5, 5.41) is 2.46. The lowest BCUT2D eigenvalue weighted by Gasteiger charge is -2.09. The zero-order valence-corrected chi connectivity index (χ0v) is 13.0. The van der Waals surface area contributed by atoms with Crippen molar-refractivity contribution >= 4 is 11.6 Å². The number of rotatable bonds is 4. The van der Waals surface area contributed by atoms with Crippen LogP contribution in [0.4, 0.5) is 13.2 Å². The van der Waals surface area contributed by atoms with E-state index in [0.29, 0.717) is 5.56 Å². The zero-order valence-electron chi connectivity index (χ0n) is 13.0. The molecule has 0 fully saturated rings. The summed E-state index contributed by atoms with van der Waals surface area (Å²) in [5.41, 5.74) is -1.27. The summed E-state index contributed by atoms with van der Waals surface area (Å²) in [5.74, 6) is -0.753. The number of imidazole rings is 1. The van der Waals surface area contributed by atoms with Crippen molar-refractivity contribution < 1.29 is 22.7 Å². The van der Waals surface area contributed by atoms with E-state index in [-0.39, 0.29) is 17.9 Å². The maximum atomic E-state index is 13.3. The van der Waals surface area contributed by atoms with Crippen LogP contribution < -0.4 is 10.1 Å². The minimum absolute atomic E-state index is 0.0428. The third-order valence-electron chi connectivity index (χ3n) is 3.49. The molecule has 0 bridgehead atoms. The number of alkyl halides is 3. The summed E-state index contributed by atoms with van der Waals surface area (Å²) in [6, 6.07) is 6.32. The topological polar surface area (TPSA) is 68.5 Å². The molecule has 1 amide bonds. The number of amides is 1. The minimum atomic E-state index is -4.78. The van der Waals surface area contributed by atoms with Crippen molar-refractivity contribution in [3.8, 4) is 5.75 Å². The lowest BCUT2D eigenvalue weighted by atomic mass is 10.2. The molecule has 3 rings (SSSR count). The highest BCUT2D eigenvalue weighted by molar-refractivity contribution is 5.95. The third kappa shape index (κ3) is 3.25. The SMILES string of the molecule is COc1cccn2c(C(=O)NCc3cccnc3)c(C(F)(F)F)nc12. The Morgan fingerprint density at radius 3 is 2.76 bits per heavy atom. The molecule has 0 saturated heterocycles. The quantitative estimate of drug-likeness (QED) is 0.786. The van der Waals surface area contributed by atoms with Crippen LogP contribution in [0.25, 0.3) is 5.65 Å². The molecule has 0 spiro atoms. The van der Waals surface area contributed by atoms with Crippen LogP contribution in [0.15, 0.2) is 42.9 Å². The fraction of sp³-hybridized carbons (Fsp3) is 0.188. The first-order valence-electron chi connectivity index (χ1n) is 7.21. The molecule has 0 radical (unpaired) electrons. The number of aromatic nitrogens is 3. The van der Waals surface area contributed by atoms with Gasteiger partial charge in [0.15, 0.2) is 17.1 Å². The standard InChI is InChI=1S/C16H13F3N4O2/c1-25-11-5-3-7-23-12(13(16(17,18)19)22-14(11)23)15(24)21-9-10-4-2-6-20-8-10/h2-8H,9H2,1H3,(H,21,24). The molecule has 0 aliphatic rings. The summed E-state index contributed by atoms with van der Waals surface area (Å²) in [6.45, 7) is 0.0428. The summed E-state index contributed by atoms with van der Waals surface area (Å²) in [4.78, 5) is 19.9. The lowest BCUT2D eigenvalue weighted by Crippen LogP contribution is -2.27. The molecule has 130 valence electrons. The number of halogens is 3. The number of nitrogens with one attached hydrogen (secondary N) is 1. The largest absolute Gasteiger partial charge is 0.493 e. The van der Waals surface area contributed by atoms with Crippen LogP contribution in [0.3, 0.4) is 0 Å². The number of methoxy groups -OCH3 is 1. The van der Waals surface area contributed by atoms with Gasteiger partial charge in [-0.15, -0.1) is 0 Å². The van der Waals surface area contributed by atoms with Gasteiger partial charge in [0.25, 0.3) is 5.91 Å². The van der Waals surface area contributed by atoms with Gasteiger partial charge in [-0.25, -0.2) is 4.98 Å². The summed E-state index contributed by atoms with van der Waals surface area (Å²) < 4.78 is 46.1. The van der Waals surface area contributed by atoms with Crippen LogP contribution in [0, 0.1) is 0 Å². The molecule has 25 heavy (non-hydrogen) atoms. The van der Waals surface area contributed by atoms with E-state index in [1.165, 1.54) is 31.6 Å². The number of carbonyl (C=O) groups excluding carboxylic acids is 1. The number of pyridine rings is 2. The normalized spacial score (nSPS) is 11.5. The zero-order chi connectivity index (χ0) is 18.0. The van der Waals surface area contributed by atoms with Gasteiger partial charge in [-0.3, -0.25) is 14.2 Å². The summed E-state index contributed by atoms with van der Waals surface area (Å²) in [7, 11) is 1.32. The van der Waals surface area contributed by atoms with E-state index in [4.69, 9.17) is 4.74 Å². The molecular formula is C16H13F3N4O2. The molecule has 0 aromatic carbocycles. The molecule has 0 saturated carbocycles. The second-order valence-electron chi connectivity index (χ2n) is 5.12. The Morgan fingerprint density at radius 1 is 1.32 bits per heavy atom.